The van der Waals surface area contributed by atoms with Crippen molar-refractivity contribution in [2.75, 3.05) is 6.61 Å². The molecule has 0 fully saturated rings. The van der Waals surface area contributed by atoms with Gasteiger partial charge in [0.1, 0.15) is 5.82 Å². The van der Waals surface area contributed by atoms with Gasteiger partial charge < -0.3 is 10.4 Å². The summed E-state index contributed by atoms with van der Waals surface area (Å²) in [5.74, 6) is -2.93. The van der Waals surface area contributed by atoms with Gasteiger partial charge in [-0.25, -0.2) is 13.2 Å². The Kier molecular flexibility index (Phi) is 5.44. The second-order valence-corrected chi connectivity index (χ2v) is 6.57. The van der Waals surface area contributed by atoms with Crippen molar-refractivity contribution in [1.82, 2.24) is 15.1 Å². The maximum absolute atomic E-state index is 13.8. The second-order valence-electron chi connectivity index (χ2n) is 6.57. The summed E-state index contributed by atoms with van der Waals surface area (Å²) >= 11 is 0. The van der Waals surface area contributed by atoms with Gasteiger partial charge in [-0.15, -0.1) is 0 Å². The van der Waals surface area contributed by atoms with Gasteiger partial charge in [-0.05, 0) is 44.2 Å². The van der Waals surface area contributed by atoms with E-state index in [-0.39, 0.29) is 30.7 Å². The van der Waals surface area contributed by atoms with Crippen LogP contribution in [0.2, 0.25) is 0 Å². The first-order valence-corrected chi connectivity index (χ1v) is 8.54. The van der Waals surface area contributed by atoms with E-state index in [0.717, 1.165) is 36.6 Å². The average Bonchev–Trinajstić information content (AvgIpc) is 2.97. The number of rotatable bonds is 6. The zero-order chi connectivity index (χ0) is 18.0. The summed E-state index contributed by atoms with van der Waals surface area (Å²) in [6, 6.07) is 1.49. The molecule has 1 aromatic carbocycles. The number of aliphatic hydroxyl groups is 1. The van der Waals surface area contributed by atoms with Crippen molar-refractivity contribution in [3.63, 3.8) is 0 Å². The molecule has 0 bridgehead atoms. The Morgan fingerprint density at radius 2 is 2.04 bits per heavy atom. The van der Waals surface area contributed by atoms with Crippen LogP contribution in [0.5, 0.6) is 0 Å². The lowest BCUT2D eigenvalue weighted by Gasteiger charge is -2.27. The molecule has 1 aliphatic carbocycles. The first kappa shape index (κ1) is 17.9. The van der Waals surface area contributed by atoms with Crippen molar-refractivity contribution in [2.24, 2.45) is 0 Å². The third-order valence-electron chi connectivity index (χ3n) is 4.68. The van der Waals surface area contributed by atoms with Crippen molar-refractivity contribution in [3.8, 4) is 0 Å². The van der Waals surface area contributed by atoms with Gasteiger partial charge in [-0.3, -0.25) is 4.68 Å². The fraction of sp³-hybridized carbons (Fsp3) is 0.500. The van der Waals surface area contributed by atoms with E-state index < -0.39 is 17.5 Å². The highest BCUT2D eigenvalue weighted by molar-refractivity contribution is 5.26. The third kappa shape index (κ3) is 3.88. The highest BCUT2D eigenvalue weighted by Crippen LogP contribution is 2.30. The van der Waals surface area contributed by atoms with Crippen LogP contribution in [0.15, 0.2) is 18.3 Å². The predicted octanol–water partition coefficient (Wildman–Crippen LogP) is 2.89. The predicted molar refractivity (Wildman–Crippen MR) is 87.6 cm³/mol. The monoisotopic (exact) mass is 353 g/mol. The van der Waals surface area contributed by atoms with Crippen LogP contribution in [0, 0.1) is 17.5 Å². The third-order valence-corrected chi connectivity index (χ3v) is 4.68. The van der Waals surface area contributed by atoms with Crippen LogP contribution in [0.3, 0.4) is 0 Å². The number of benzene rings is 1. The van der Waals surface area contributed by atoms with E-state index in [4.69, 9.17) is 5.11 Å². The molecule has 0 amide bonds. The Balaban J connectivity index is 1.70. The molecule has 2 aromatic rings. The standard InChI is InChI=1S/C18H22F3N3O/c1-11(7-12-8-15(20)16(21)9-14(12)19)23-17-3-2-4-18-13(17)10-22-24(18)5-6-25/h8-11,17,23,25H,2-7H2,1H3. The summed E-state index contributed by atoms with van der Waals surface area (Å²) in [5.41, 5.74) is 2.37. The molecule has 4 nitrogen and oxygen atoms in total. The largest absolute Gasteiger partial charge is 0.394 e. The first-order chi connectivity index (χ1) is 12.0. The molecular weight excluding hydrogens is 331 g/mol. The van der Waals surface area contributed by atoms with E-state index in [1.807, 2.05) is 17.8 Å². The van der Waals surface area contributed by atoms with Crippen LogP contribution < -0.4 is 5.32 Å². The van der Waals surface area contributed by atoms with Crippen molar-refractivity contribution in [3.05, 3.63) is 52.6 Å². The lowest BCUT2D eigenvalue weighted by molar-refractivity contribution is 0.266. The quantitative estimate of drug-likeness (QED) is 0.785. The molecule has 2 unspecified atom stereocenters. The molecule has 7 heteroatoms. The normalized spacial score (nSPS) is 18.2. The average molecular weight is 353 g/mol. The van der Waals surface area contributed by atoms with Gasteiger partial charge >= 0.3 is 0 Å². The fourth-order valence-corrected chi connectivity index (χ4v) is 3.53. The Morgan fingerprint density at radius 3 is 2.80 bits per heavy atom. The van der Waals surface area contributed by atoms with Crippen LogP contribution in [-0.2, 0) is 19.4 Å². The van der Waals surface area contributed by atoms with E-state index in [0.29, 0.717) is 12.6 Å². The maximum atomic E-state index is 13.8. The minimum absolute atomic E-state index is 0.0397. The molecule has 2 atom stereocenters. The number of fused-ring (bicyclic) bond motifs is 1. The van der Waals surface area contributed by atoms with E-state index in [1.165, 1.54) is 0 Å². The van der Waals surface area contributed by atoms with Crippen molar-refractivity contribution < 1.29 is 18.3 Å². The fourth-order valence-electron chi connectivity index (χ4n) is 3.53. The molecule has 3 rings (SSSR count). The van der Waals surface area contributed by atoms with Crippen molar-refractivity contribution in [2.45, 2.75) is 51.2 Å². The van der Waals surface area contributed by atoms with E-state index in [1.54, 1.807) is 0 Å². The molecule has 1 heterocycles. The number of aliphatic hydroxyl groups excluding tert-OH is 1. The topological polar surface area (TPSA) is 50.1 Å². The summed E-state index contributed by atoms with van der Waals surface area (Å²) < 4.78 is 42.0. The molecular formula is C18H22F3N3O. The van der Waals surface area contributed by atoms with Crippen LogP contribution in [0.1, 0.15) is 42.6 Å². The first-order valence-electron chi connectivity index (χ1n) is 8.54. The number of nitrogens with zero attached hydrogens (tertiary/aromatic N) is 2. The molecule has 1 aromatic heterocycles. The van der Waals surface area contributed by atoms with Crippen molar-refractivity contribution in [1.29, 1.82) is 0 Å². The molecule has 1 aliphatic rings. The summed E-state index contributed by atoms with van der Waals surface area (Å²) in [7, 11) is 0. The van der Waals surface area contributed by atoms with Crippen LogP contribution in [0.25, 0.3) is 0 Å². The maximum Gasteiger partial charge on any atom is 0.161 e. The molecule has 0 spiro atoms. The second kappa shape index (κ2) is 7.58. The lowest BCUT2D eigenvalue weighted by Crippen LogP contribution is -2.34. The summed E-state index contributed by atoms with van der Waals surface area (Å²) in [5, 5.41) is 16.9. The van der Waals surface area contributed by atoms with Crippen LogP contribution in [0.4, 0.5) is 13.2 Å². The zero-order valence-corrected chi connectivity index (χ0v) is 14.1. The van der Waals surface area contributed by atoms with Crippen LogP contribution >= 0.6 is 0 Å². The molecule has 0 radical (unpaired) electrons. The summed E-state index contributed by atoms with van der Waals surface area (Å²) in [6.07, 6.45) is 4.92. The summed E-state index contributed by atoms with van der Waals surface area (Å²) in [6.45, 7) is 2.41. The molecule has 25 heavy (non-hydrogen) atoms. The highest BCUT2D eigenvalue weighted by Gasteiger charge is 2.25. The Bertz CT molecular complexity index is 747. The lowest BCUT2D eigenvalue weighted by atomic mass is 9.92. The minimum Gasteiger partial charge on any atom is -0.394 e. The highest BCUT2D eigenvalue weighted by atomic mass is 19.2. The molecule has 0 saturated heterocycles. The van der Waals surface area contributed by atoms with Gasteiger partial charge in [0.2, 0.25) is 0 Å². The van der Waals surface area contributed by atoms with Gasteiger partial charge in [-0.1, -0.05) is 0 Å². The zero-order valence-electron chi connectivity index (χ0n) is 14.1. The molecule has 0 saturated carbocycles. The van der Waals surface area contributed by atoms with Gasteiger partial charge in [0.05, 0.1) is 19.3 Å². The van der Waals surface area contributed by atoms with E-state index in [2.05, 4.69) is 10.4 Å². The SMILES string of the molecule is CC(Cc1cc(F)c(F)cc1F)NC1CCCc2c1cnn2CCO. The molecule has 136 valence electrons. The molecule has 0 aliphatic heterocycles. The smallest absolute Gasteiger partial charge is 0.161 e. The Morgan fingerprint density at radius 1 is 1.28 bits per heavy atom. The van der Waals surface area contributed by atoms with Crippen LogP contribution in [-0.4, -0.2) is 27.5 Å². The summed E-state index contributed by atoms with van der Waals surface area (Å²) in [4.78, 5) is 0. The van der Waals surface area contributed by atoms with E-state index >= 15 is 0 Å². The number of halogens is 3. The van der Waals surface area contributed by atoms with Gasteiger partial charge in [-0.2, -0.15) is 5.10 Å². The van der Waals surface area contributed by atoms with Crippen molar-refractivity contribution >= 4 is 0 Å². The van der Waals surface area contributed by atoms with Gasteiger partial charge in [0.25, 0.3) is 0 Å². The molecule has 2 N–H and O–H groups in total. The minimum atomic E-state index is -1.17. The number of hydrogen-bond donors (Lipinski definition) is 2. The van der Waals surface area contributed by atoms with Gasteiger partial charge in [0.15, 0.2) is 11.6 Å². The Labute approximate surface area is 144 Å². The number of hydrogen-bond acceptors (Lipinski definition) is 3. The van der Waals surface area contributed by atoms with E-state index in [9.17, 15) is 13.2 Å². The number of aromatic nitrogens is 2. The Hall–Kier alpha value is -1.86. The van der Waals surface area contributed by atoms with Gasteiger partial charge in [0, 0.05) is 29.4 Å². The number of nitrogens with one attached hydrogen (secondary N) is 1.